The minimum Gasteiger partial charge on any atom is -0.395 e. The molecule has 0 spiro atoms. The number of aromatic amines is 1. The first-order valence-electron chi connectivity index (χ1n) is 43.3. The Morgan fingerprint density at radius 2 is 1.15 bits per heavy atom. The second-order valence-electron chi connectivity index (χ2n) is 33.7. The number of likely N-dealkylation sites (tertiary alicyclic amines) is 1. The van der Waals surface area contributed by atoms with Gasteiger partial charge in [-0.2, -0.15) is 59.5 Å². The average molecular weight is 2020 g/mol. The van der Waals surface area contributed by atoms with E-state index in [1.54, 1.807) is 60.7 Å². The summed E-state index contributed by atoms with van der Waals surface area (Å²) in [6, 6.07) is 48.9. The average Bonchev–Trinajstić information content (AvgIpc) is 1.53. The van der Waals surface area contributed by atoms with Crippen LogP contribution < -0.4 is 42.9 Å². The van der Waals surface area contributed by atoms with Crippen molar-refractivity contribution < 1.29 is 92.2 Å². The van der Waals surface area contributed by atoms with Crippen LogP contribution in [0.15, 0.2) is 209 Å². The van der Waals surface area contributed by atoms with E-state index in [1.807, 2.05) is 59.2 Å². The van der Waals surface area contributed by atoms with E-state index < -0.39 is 69.5 Å². The topological polar surface area (TPSA) is 363 Å². The molecule has 4 atom stereocenters. The second kappa shape index (κ2) is 46.8. The van der Waals surface area contributed by atoms with Crippen molar-refractivity contribution in [2.45, 2.75) is 119 Å². The molecule has 44 heteroatoms. The van der Waals surface area contributed by atoms with Crippen LogP contribution in [0.3, 0.4) is 0 Å². The number of aliphatic imine (C=N–C) groups is 1. The van der Waals surface area contributed by atoms with Gasteiger partial charge >= 0.3 is 41.8 Å². The molecular formula is C94H98Cl3F12N17O10S2. The Hall–Kier alpha value is -11.0. The van der Waals surface area contributed by atoms with E-state index in [2.05, 4.69) is 90.7 Å². The van der Waals surface area contributed by atoms with Crippen LogP contribution in [0.1, 0.15) is 104 Å². The number of carbonyl (C=O) groups excluding carboxylic acids is 2. The van der Waals surface area contributed by atoms with Crippen molar-refractivity contribution in [2.24, 2.45) is 34.4 Å². The zero-order valence-corrected chi connectivity index (χ0v) is 78.3. The third-order valence-electron chi connectivity index (χ3n) is 24.1. The highest BCUT2D eigenvalue weighted by molar-refractivity contribution is 7.12. The van der Waals surface area contributed by atoms with Crippen LogP contribution in [0.5, 0.6) is 0 Å². The number of hydrogen-bond acceptors (Lipinski definition) is 24. The number of carbonyl (C=O) groups is 2. The van der Waals surface area contributed by atoms with E-state index >= 15 is 0 Å². The number of nitrogens with two attached hydrogens (primary N) is 1. The number of nitrogens with one attached hydrogen (secondary N) is 4. The third kappa shape index (κ3) is 28.2. The van der Waals surface area contributed by atoms with Crippen LogP contribution in [-0.2, 0) is 68.5 Å². The Bertz CT molecular complexity index is 6030. The SMILES string of the molecule is CC(=NC(=O)NCc1ccc(C(F)(F)F)s1)NC(=O)C(F)(F)F.Cc1nc(C(F)(F)F)n(Cc2ccc(C)s2)c(=O)n1.NC1CC(CO)(c2ccc(F)cc2)C1.O=c1ncnc(N2CC=C(c3ccc(Cl)cc3)CC2)[nH]1.OC1(c2ccc(Cl)cc2)CCN(c2ncnc(Cl)n2)CC1.OC1(c2ccc(F)cc2)C2CNCC1COC2.OC1(c2ccc(F)cc2)C2COCC1CN(Cc1ccccc1)C2. The molecule has 11 aromatic rings. The number of aryl methyl sites for hydroxylation is 2. The minimum atomic E-state index is -5.13. The maximum absolute atomic E-state index is 13.3. The summed E-state index contributed by atoms with van der Waals surface area (Å²) in [6.45, 7) is 12.6. The molecule has 4 unspecified atom stereocenters. The van der Waals surface area contributed by atoms with Crippen LogP contribution in [-0.4, -0.2) is 185 Å². The number of aliphatic hydroxyl groups excluding tert-OH is 1. The number of alkyl halides is 9. The van der Waals surface area contributed by atoms with Gasteiger partial charge in [0.05, 0.1) is 51.7 Å². The molecule has 1 saturated carbocycles. The number of aromatic nitrogens is 9. The molecular weight excluding hydrogens is 1930 g/mol. The number of urea groups is 1. The van der Waals surface area contributed by atoms with Crippen LogP contribution in [0.2, 0.25) is 15.3 Å². The first-order chi connectivity index (χ1) is 65.5. The van der Waals surface area contributed by atoms with E-state index in [0.717, 1.165) is 110 Å². The number of H-pyrrole nitrogens is 1. The Balaban J connectivity index is 0.000000145. The zero-order chi connectivity index (χ0) is 99.5. The lowest BCUT2D eigenvalue weighted by Gasteiger charge is -2.53. The molecule has 3 amide bonds. The molecule has 18 rings (SSSR count). The predicted octanol–water partition coefficient (Wildman–Crippen LogP) is 15.1. The highest BCUT2D eigenvalue weighted by Crippen LogP contribution is 2.47. The number of halogens is 15. The summed E-state index contributed by atoms with van der Waals surface area (Å²) in [5, 5.41) is 50.9. The molecule has 5 saturated heterocycles. The van der Waals surface area contributed by atoms with Gasteiger partial charge in [0.25, 0.3) is 0 Å². The lowest BCUT2D eigenvalue weighted by atomic mass is 9.62. The Kier molecular flexibility index (Phi) is 35.9. The third-order valence-corrected chi connectivity index (χ3v) is 26.9. The molecule has 4 bridgehead atoms. The number of fused-ring (bicyclic) bond motifs is 4. The largest absolute Gasteiger partial charge is 0.471 e. The van der Waals surface area contributed by atoms with Gasteiger partial charge in [0.15, 0.2) is 0 Å². The number of nitrogens with zero attached hydrogens (tertiary/aromatic N) is 12. The van der Waals surface area contributed by atoms with Gasteiger partial charge in [-0.1, -0.05) is 120 Å². The van der Waals surface area contributed by atoms with E-state index in [1.165, 1.54) is 89.3 Å². The fourth-order valence-corrected chi connectivity index (χ4v) is 19.1. The highest BCUT2D eigenvalue weighted by Gasteiger charge is 2.54. The van der Waals surface area contributed by atoms with Crippen LogP contribution in [0.25, 0.3) is 5.57 Å². The lowest BCUT2D eigenvalue weighted by molar-refractivity contribution is -0.199. The summed E-state index contributed by atoms with van der Waals surface area (Å²) in [4.78, 5) is 84.2. The van der Waals surface area contributed by atoms with Gasteiger partial charge in [0, 0.05) is 119 Å². The van der Waals surface area contributed by atoms with Crippen molar-refractivity contribution in [3.05, 3.63) is 313 Å². The number of benzene rings is 6. The number of piperidine rings is 3. The first kappa shape index (κ1) is 106. The molecule has 6 fully saturated rings. The summed E-state index contributed by atoms with van der Waals surface area (Å²) in [5.74, 6) is -3.88. The van der Waals surface area contributed by atoms with E-state index in [0.29, 0.717) is 96.6 Å². The number of amides is 3. The fourth-order valence-electron chi connectivity index (χ4n) is 17.0. The number of rotatable bonds is 14. The van der Waals surface area contributed by atoms with Crippen molar-refractivity contribution in [3.8, 4) is 0 Å². The number of ether oxygens (including phenoxy) is 2. The smallest absolute Gasteiger partial charge is 0.395 e. The Morgan fingerprint density at radius 1 is 0.609 bits per heavy atom. The maximum Gasteiger partial charge on any atom is 0.471 e. The number of thiophene rings is 2. The van der Waals surface area contributed by atoms with Gasteiger partial charge in [-0.15, -0.1) is 22.7 Å². The molecule has 27 nitrogen and oxygen atoms in total. The molecule has 736 valence electrons. The van der Waals surface area contributed by atoms with Gasteiger partial charge in [-0.25, -0.2) is 47.5 Å². The number of anilines is 2. The Labute approximate surface area is 807 Å². The standard InChI is InChI=1S/C20H22FNO2.C14H14Cl2N4O.C14H13ClN4O.C13H16FNO2.C11H9F6N3O2S.C11H10F3N3OS.C11H14FNO/c21-19-8-6-16(7-9-19)20(23)17-11-22(12-18(20)14-24-13-17)10-15-4-2-1-3-5-15;15-11-3-1-10(2-4-11)14(21)5-7-20(8-6-14)13-18-9-17-12(16)19-13;15-12-3-1-10(2-4-12)11-5-7-19(8-6-11)13-16-9-17-14(20)18-13;14-12-3-1-9(2-4-12)13(16)10-5-15-6-11(13)8-17-7-10;1-5(19-8(21)11(15,16)17)20-9(22)18-4-6-2-3-7(23-6)10(12,13)14;1-6-3-4-8(19-6)5-17-9(11(12,13)14)15-7(2)16-10(17)18;12-9-3-1-8(2-4-9)11(7-14)5-10(13)6-11/h1-9,17-18,23H,10-14H2;1-4,9,21H,5-8H2;1-5,9H,6-8H2,(H,16,17,18,20);1-4,10-11,15-16H,5-8H2;2-3H,4H2,1H3,(H2,18,19,20,21,22);3-4H,5H2,1-2H3;1-4,10,14H,5-7,13H2. The minimum absolute atomic E-state index is 0.000765. The summed E-state index contributed by atoms with van der Waals surface area (Å²) >= 11 is 19.3. The van der Waals surface area contributed by atoms with Crippen molar-refractivity contribution in [1.29, 1.82) is 0 Å². The number of aliphatic hydroxyl groups is 4. The van der Waals surface area contributed by atoms with Crippen molar-refractivity contribution in [2.75, 3.05) is 95.2 Å². The molecule has 7 aliphatic rings. The van der Waals surface area contributed by atoms with Crippen LogP contribution in [0.4, 0.5) is 69.4 Å². The van der Waals surface area contributed by atoms with Gasteiger partial charge < -0.3 is 61.4 Å². The molecule has 5 aromatic heterocycles. The van der Waals surface area contributed by atoms with Crippen molar-refractivity contribution in [1.82, 2.24) is 65.3 Å². The first-order valence-corrected chi connectivity index (χ1v) is 46.1. The Morgan fingerprint density at radius 3 is 1.66 bits per heavy atom. The summed E-state index contributed by atoms with van der Waals surface area (Å²) < 4.78 is 162. The van der Waals surface area contributed by atoms with Gasteiger partial charge in [-0.05, 0) is 188 Å². The van der Waals surface area contributed by atoms with E-state index in [-0.39, 0.29) is 94.0 Å². The molecule has 138 heavy (non-hydrogen) atoms. The molecule has 6 aromatic carbocycles. The molecule has 10 N–H and O–H groups in total. The maximum atomic E-state index is 13.3. The van der Waals surface area contributed by atoms with Crippen LogP contribution in [0, 0.1) is 55.0 Å². The quantitative estimate of drug-likeness (QED) is 0.0277. The van der Waals surface area contributed by atoms with Gasteiger partial charge in [0.2, 0.25) is 23.0 Å². The molecule has 0 radical (unpaired) electrons. The lowest BCUT2D eigenvalue weighted by Crippen LogP contribution is -2.61. The number of hydrogen-bond donors (Lipinski definition) is 9. The normalized spacial score (nSPS) is 21.6. The summed E-state index contributed by atoms with van der Waals surface area (Å²) in [5.41, 5.74) is 8.78. The van der Waals surface area contributed by atoms with Gasteiger partial charge in [0.1, 0.15) is 57.8 Å². The predicted molar refractivity (Wildman–Crippen MR) is 497 cm³/mol. The second-order valence-corrected chi connectivity index (χ2v) is 37.4. The van der Waals surface area contributed by atoms with E-state index in [4.69, 9.17) is 50.0 Å². The zero-order valence-electron chi connectivity index (χ0n) is 74.4. The van der Waals surface area contributed by atoms with E-state index in [9.17, 15) is 92.3 Å². The monoisotopic (exact) mass is 2020 g/mol. The number of amidine groups is 1. The summed E-state index contributed by atoms with van der Waals surface area (Å²) in [7, 11) is 0. The fraction of sp³-hybridized carbons (Fsp3) is 0.383. The van der Waals surface area contributed by atoms with Crippen LogP contribution >= 0.6 is 57.5 Å². The summed E-state index contributed by atoms with van der Waals surface area (Å²) in [6.07, 6.45) is -5.82. The van der Waals surface area contributed by atoms with Crippen molar-refractivity contribution in [3.63, 3.8) is 0 Å². The highest BCUT2D eigenvalue weighted by atomic mass is 35.5. The molecule has 11 heterocycles. The molecule has 6 aliphatic heterocycles. The molecule has 1 aliphatic carbocycles. The van der Waals surface area contributed by atoms with Crippen molar-refractivity contribution >= 4 is 92.7 Å². The van der Waals surface area contributed by atoms with Gasteiger partial charge in [-0.3, -0.25) is 19.2 Å².